The first-order valence-corrected chi connectivity index (χ1v) is 10.2. The molecule has 6 nitrogen and oxygen atoms in total. The van der Waals surface area contributed by atoms with Gasteiger partial charge in [-0.3, -0.25) is 14.9 Å². The summed E-state index contributed by atoms with van der Waals surface area (Å²) >= 11 is 18.4. The van der Waals surface area contributed by atoms with Crippen molar-refractivity contribution in [3.8, 4) is 5.75 Å². The number of amides is 4. The van der Waals surface area contributed by atoms with E-state index in [9.17, 15) is 14.4 Å². The highest BCUT2D eigenvalue weighted by molar-refractivity contribution is 6.46. The van der Waals surface area contributed by atoms with Crippen LogP contribution in [0.3, 0.4) is 0 Å². The van der Waals surface area contributed by atoms with Crippen LogP contribution < -0.4 is 15.0 Å². The molecule has 0 aromatic heterocycles. The molecule has 1 fully saturated rings. The summed E-state index contributed by atoms with van der Waals surface area (Å²) in [7, 11) is 0. The topological polar surface area (TPSA) is 75.7 Å². The number of hydrogen-bond donors (Lipinski definition) is 1. The van der Waals surface area contributed by atoms with Crippen LogP contribution in [0.1, 0.15) is 25.8 Å². The Morgan fingerprint density at radius 3 is 2.50 bits per heavy atom. The van der Waals surface area contributed by atoms with Crippen molar-refractivity contribution in [3.05, 3.63) is 62.6 Å². The first-order chi connectivity index (χ1) is 14.2. The number of carbonyl (C=O) groups excluding carboxylic acids is 3. The van der Waals surface area contributed by atoms with Crippen LogP contribution in [0.5, 0.6) is 5.75 Å². The van der Waals surface area contributed by atoms with Crippen LogP contribution in [0.15, 0.2) is 42.0 Å². The van der Waals surface area contributed by atoms with Gasteiger partial charge in [0.05, 0.1) is 26.9 Å². The van der Waals surface area contributed by atoms with E-state index in [1.807, 2.05) is 13.8 Å². The summed E-state index contributed by atoms with van der Waals surface area (Å²) in [4.78, 5) is 38.4. The van der Waals surface area contributed by atoms with Gasteiger partial charge in [-0.1, -0.05) is 53.9 Å². The minimum atomic E-state index is -0.915. The molecule has 0 spiro atoms. The van der Waals surface area contributed by atoms with Gasteiger partial charge in [-0.15, -0.1) is 0 Å². The molecule has 0 aliphatic carbocycles. The molecule has 0 saturated carbocycles. The molecule has 2 aromatic rings. The maximum absolute atomic E-state index is 13.0. The number of imide groups is 2. The zero-order valence-electron chi connectivity index (χ0n) is 16.0. The smallest absolute Gasteiger partial charge is 0.336 e. The predicted molar refractivity (Wildman–Crippen MR) is 117 cm³/mol. The number of benzene rings is 2. The summed E-state index contributed by atoms with van der Waals surface area (Å²) < 4.78 is 5.72. The Hall–Kier alpha value is -2.54. The first kappa shape index (κ1) is 22.2. The van der Waals surface area contributed by atoms with Crippen LogP contribution >= 0.6 is 34.8 Å². The van der Waals surface area contributed by atoms with Gasteiger partial charge in [0, 0.05) is 0 Å². The summed E-state index contributed by atoms with van der Waals surface area (Å²) in [5, 5.41) is 2.65. The van der Waals surface area contributed by atoms with Crippen LogP contribution in [0, 0.1) is 0 Å². The number of nitrogens with one attached hydrogen (secondary N) is 1. The van der Waals surface area contributed by atoms with Gasteiger partial charge in [0.25, 0.3) is 11.8 Å². The highest BCUT2D eigenvalue weighted by Gasteiger charge is 2.38. The van der Waals surface area contributed by atoms with Gasteiger partial charge in [0.15, 0.2) is 0 Å². The number of barbiturate groups is 1. The molecular weight excluding hydrogens is 451 g/mol. The molecule has 1 atom stereocenters. The van der Waals surface area contributed by atoms with E-state index in [1.165, 1.54) is 18.2 Å². The van der Waals surface area contributed by atoms with Crippen molar-refractivity contribution in [1.29, 1.82) is 0 Å². The van der Waals surface area contributed by atoms with Crippen LogP contribution in [0.2, 0.25) is 15.1 Å². The molecule has 30 heavy (non-hydrogen) atoms. The second-order valence-electron chi connectivity index (χ2n) is 6.56. The summed E-state index contributed by atoms with van der Waals surface area (Å²) in [5.41, 5.74) is 0.305. The Labute approximate surface area is 188 Å². The van der Waals surface area contributed by atoms with Crippen molar-refractivity contribution in [2.45, 2.75) is 26.4 Å². The van der Waals surface area contributed by atoms with Crippen molar-refractivity contribution < 1.29 is 19.1 Å². The summed E-state index contributed by atoms with van der Waals surface area (Å²) in [6.45, 7) is 3.91. The van der Waals surface area contributed by atoms with Gasteiger partial charge in [-0.05, 0) is 49.2 Å². The summed E-state index contributed by atoms with van der Waals surface area (Å²) in [6, 6.07) is 8.48. The van der Waals surface area contributed by atoms with Crippen molar-refractivity contribution in [1.82, 2.24) is 5.32 Å². The molecule has 2 aromatic carbocycles. The van der Waals surface area contributed by atoms with E-state index in [-0.39, 0.29) is 27.4 Å². The maximum Gasteiger partial charge on any atom is 0.336 e. The molecule has 1 aliphatic heterocycles. The number of ether oxygens (including phenoxy) is 1. The number of urea groups is 1. The number of anilines is 1. The fourth-order valence-corrected chi connectivity index (χ4v) is 3.32. The van der Waals surface area contributed by atoms with Gasteiger partial charge in [-0.2, -0.15) is 0 Å². The summed E-state index contributed by atoms with van der Waals surface area (Å²) in [5.74, 6) is -1.16. The largest absolute Gasteiger partial charge is 0.489 e. The summed E-state index contributed by atoms with van der Waals surface area (Å²) in [6.07, 6.45) is 2.14. The number of carbonyl (C=O) groups is 3. The van der Waals surface area contributed by atoms with Crippen LogP contribution in [-0.4, -0.2) is 23.9 Å². The normalized spacial score (nSPS) is 16.6. The van der Waals surface area contributed by atoms with E-state index >= 15 is 0 Å². The quantitative estimate of drug-likeness (QED) is 0.466. The highest BCUT2D eigenvalue weighted by atomic mass is 35.5. The first-order valence-electron chi connectivity index (χ1n) is 9.04. The van der Waals surface area contributed by atoms with Crippen LogP contribution in [0.25, 0.3) is 6.08 Å². The molecule has 1 heterocycles. The second kappa shape index (κ2) is 9.08. The van der Waals surface area contributed by atoms with Crippen molar-refractivity contribution in [2.75, 3.05) is 4.90 Å². The third-order valence-electron chi connectivity index (χ3n) is 4.44. The molecule has 156 valence electrons. The standard InChI is InChI=1S/C21H17Cl3N2O4/c1-3-11(2)30-17-8-7-12(10-15(17)23)9-13-19(27)25-21(29)26(20(13)28)16-6-4-5-14(22)18(16)24/h4-11H,3H2,1-2H3,(H,25,27,29)/b13-9+/t11-/m1/s1. The zero-order valence-corrected chi connectivity index (χ0v) is 18.3. The molecule has 1 N–H and O–H groups in total. The van der Waals surface area contributed by atoms with E-state index in [2.05, 4.69) is 5.32 Å². The van der Waals surface area contributed by atoms with Crippen molar-refractivity contribution >= 4 is 64.4 Å². The van der Waals surface area contributed by atoms with Gasteiger partial charge >= 0.3 is 6.03 Å². The zero-order chi connectivity index (χ0) is 22.0. The average molecular weight is 468 g/mol. The molecular formula is C21H17Cl3N2O4. The molecule has 0 unspecified atom stereocenters. The second-order valence-corrected chi connectivity index (χ2v) is 7.75. The lowest BCUT2D eigenvalue weighted by molar-refractivity contribution is -0.122. The number of nitrogens with zero attached hydrogens (tertiary/aromatic N) is 1. The average Bonchev–Trinajstić information content (AvgIpc) is 2.70. The molecule has 1 saturated heterocycles. The number of hydrogen-bond acceptors (Lipinski definition) is 4. The third kappa shape index (κ3) is 4.46. The third-order valence-corrected chi connectivity index (χ3v) is 5.55. The Balaban J connectivity index is 1.97. The van der Waals surface area contributed by atoms with Gasteiger partial charge in [0.2, 0.25) is 0 Å². The Kier molecular flexibility index (Phi) is 6.71. The van der Waals surface area contributed by atoms with Gasteiger partial charge in [-0.25, -0.2) is 9.69 Å². The molecule has 4 amide bonds. The lowest BCUT2D eigenvalue weighted by Crippen LogP contribution is -2.54. The fraction of sp³-hybridized carbons (Fsp3) is 0.190. The highest BCUT2D eigenvalue weighted by Crippen LogP contribution is 2.34. The Bertz CT molecular complexity index is 1070. The molecule has 9 heteroatoms. The molecule has 0 bridgehead atoms. The predicted octanol–water partition coefficient (Wildman–Crippen LogP) is 5.49. The Morgan fingerprint density at radius 1 is 1.10 bits per heavy atom. The van der Waals surface area contributed by atoms with E-state index < -0.39 is 17.8 Å². The van der Waals surface area contributed by atoms with Crippen LogP contribution in [0.4, 0.5) is 10.5 Å². The number of halogens is 3. The minimum Gasteiger partial charge on any atom is -0.489 e. The van der Waals surface area contributed by atoms with E-state index in [4.69, 9.17) is 39.5 Å². The fourth-order valence-electron chi connectivity index (χ4n) is 2.71. The van der Waals surface area contributed by atoms with E-state index in [0.717, 1.165) is 11.3 Å². The van der Waals surface area contributed by atoms with Crippen molar-refractivity contribution in [3.63, 3.8) is 0 Å². The lowest BCUT2D eigenvalue weighted by Gasteiger charge is -2.27. The van der Waals surface area contributed by atoms with Gasteiger partial charge in [0.1, 0.15) is 11.3 Å². The van der Waals surface area contributed by atoms with Crippen molar-refractivity contribution in [2.24, 2.45) is 0 Å². The lowest BCUT2D eigenvalue weighted by atomic mass is 10.1. The number of rotatable bonds is 5. The van der Waals surface area contributed by atoms with Crippen LogP contribution in [-0.2, 0) is 9.59 Å². The van der Waals surface area contributed by atoms with E-state index in [0.29, 0.717) is 16.3 Å². The monoisotopic (exact) mass is 466 g/mol. The molecule has 1 aliphatic rings. The SMILES string of the molecule is CC[C@@H](C)Oc1ccc(/C=C2\C(=O)NC(=O)N(c3cccc(Cl)c3Cl)C2=O)cc1Cl. The molecule has 3 rings (SSSR count). The molecule has 0 radical (unpaired) electrons. The van der Waals surface area contributed by atoms with E-state index in [1.54, 1.807) is 24.3 Å². The Morgan fingerprint density at radius 2 is 1.83 bits per heavy atom. The minimum absolute atomic E-state index is 0.0144. The van der Waals surface area contributed by atoms with Gasteiger partial charge < -0.3 is 4.74 Å². The maximum atomic E-state index is 13.0.